The van der Waals surface area contributed by atoms with E-state index in [1.54, 1.807) is 0 Å². The zero-order valence-electron chi connectivity index (χ0n) is 20.0. The molecule has 3 aromatic rings. The molecule has 8 nitrogen and oxygen atoms in total. The Morgan fingerprint density at radius 2 is 1.59 bits per heavy atom. The first-order valence-corrected chi connectivity index (χ1v) is 12.4. The number of carbonyl (C=O) groups excluding carboxylic acids is 4. The molecule has 1 spiro atoms. The maximum atomic E-state index is 14.0. The fourth-order valence-corrected chi connectivity index (χ4v) is 5.47. The molecule has 3 aromatic carbocycles. The Morgan fingerprint density at radius 3 is 2.21 bits per heavy atom. The summed E-state index contributed by atoms with van der Waals surface area (Å²) >= 11 is 12.2. The highest BCUT2D eigenvalue weighted by atomic mass is 35.5. The van der Waals surface area contributed by atoms with E-state index in [9.17, 15) is 33.5 Å². The minimum absolute atomic E-state index is 0.0685. The van der Waals surface area contributed by atoms with Crippen molar-refractivity contribution in [2.24, 2.45) is 11.8 Å². The third-order valence-corrected chi connectivity index (χ3v) is 7.72. The van der Waals surface area contributed by atoms with Crippen molar-refractivity contribution in [1.29, 1.82) is 0 Å². The van der Waals surface area contributed by atoms with Gasteiger partial charge in [-0.1, -0.05) is 29.3 Å². The van der Waals surface area contributed by atoms with Crippen LogP contribution in [-0.4, -0.2) is 39.9 Å². The maximum Gasteiger partial charge on any atom is 0.311 e. The van der Waals surface area contributed by atoms with Crippen LogP contribution < -0.4 is 5.32 Å². The molecule has 4 unspecified atom stereocenters. The van der Waals surface area contributed by atoms with E-state index in [4.69, 9.17) is 27.9 Å². The van der Waals surface area contributed by atoms with E-state index in [0.717, 1.165) is 18.2 Å². The van der Waals surface area contributed by atoms with Gasteiger partial charge in [-0.3, -0.25) is 24.0 Å². The van der Waals surface area contributed by atoms with E-state index >= 15 is 0 Å². The SMILES string of the molecule is CC(=O)c1ccc(NC(=O)C2C(c3ccc(Cl)c(Cl)c3)OC3(C(=O)c4ccc(F)cc4C3=O)C2C(=O)O)cc1. The molecule has 1 amide bonds. The molecular formula is C28H18Cl2FNO7. The Morgan fingerprint density at radius 1 is 0.923 bits per heavy atom. The van der Waals surface area contributed by atoms with Gasteiger partial charge in [-0.05, 0) is 67.1 Å². The Balaban J connectivity index is 1.64. The van der Waals surface area contributed by atoms with Crippen LogP contribution in [0.25, 0.3) is 0 Å². The third-order valence-electron chi connectivity index (χ3n) is 6.98. The van der Waals surface area contributed by atoms with Crippen molar-refractivity contribution in [2.45, 2.75) is 18.6 Å². The lowest BCUT2D eigenvalue weighted by Gasteiger charge is -2.25. The topological polar surface area (TPSA) is 127 Å². The van der Waals surface area contributed by atoms with E-state index in [1.807, 2.05) is 0 Å². The molecule has 0 bridgehead atoms. The van der Waals surface area contributed by atoms with Crippen molar-refractivity contribution in [2.75, 3.05) is 5.32 Å². The summed E-state index contributed by atoms with van der Waals surface area (Å²) in [6.07, 6.45) is -1.43. The van der Waals surface area contributed by atoms with Gasteiger partial charge in [0.15, 0.2) is 5.78 Å². The number of hydrogen-bond acceptors (Lipinski definition) is 6. The summed E-state index contributed by atoms with van der Waals surface area (Å²) in [7, 11) is 0. The molecular weight excluding hydrogens is 552 g/mol. The average molecular weight is 570 g/mol. The van der Waals surface area contributed by atoms with Crippen LogP contribution in [-0.2, 0) is 14.3 Å². The second-order valence-corrected chi connectivity index (χ2v) is 10.1. The average Bonchev–Trinajstić information content (AvgIpc) is 3.36. The van der Waals surface area contributed by atoms with Crippen LogP contribution in [0.5, 0.6) is 0 Å². The number of ketones is 3. The van der Waals surface area contributed by atoms with Crippen LogP contribution in [0.3, 0.4) is 0 Å². The van der Waals surface area contributed by atoms with Crippen LogP contribution in [0, 0.1) is 17.7 Å². The number of ether oxygens (including phenoxy) is 1. The van der Waals surface area contributed by atoms with Gasteiger partial charge in [0.1, 0.15) is 11.7 Å². The molecule has 39 heavy (non-hydrogen) atoms. The second-order valence-electron chi connectivity index (χ2n) is 9.26. The van der Waals surface area contributed by atoms with E-state index in [2.05, 4.69) is 5.32 Å². The standard InChI is InChI=1S/C28H18Cl2FNO7/c1-12(33)13-2-6-16(7-3-13)32-26(36)21-22(27(37)38)28(39-23(21)14-4-9-19(29)20(30)10-14)24(34)17-8-5-15(31)11-18(17)25(28)35/h2-11,21-23H,1H3,(H,32,36)(H,37,38). The van der Waals surface area contributed by atoms with Crippen molar-refractivity contribution in [1.82, 2.24) is 0 Å². The number of anilines is 1. The Hall–Kier alpha value is -3.92. The number of rotatable bonds is 5. The number of benzene rings is 3. The number of amides is 1. The number of carboxylic acid groups (broad SMARTS) is 1. The van der Waals surface area contributed by atoms with Gasteiger partial charge in [-0.15, -0.1) is 0 Å². The number of carboxylic acids is 1. The molecule has 1 fully saturated rings. The molecule has 198 valence electrons. The number of halogens is 3. The molecule has 1 aliphatic carbocycles. The van der Waals surface area contributed by atoms with Gasteiger partial charge in [0.2, 0.25) is 23.1 Å². The molecule has 1 saturated heterocycles. The zero-order valence-corrected chi connectivity index (χ0v) is 21.5. The molecule has 0 radical (unpaired) electrons. The Bertz CT molecular complexity index is 1590. The quantitative estimate of drug-likeness (QED) is 0.320. The highest BCUT2D eigenvalue weighted by molar-refractivity contribution is 6.42. The van der Waals surface area contributed by atoms with Crippen molar-refractivity contribution in [3.05, 3.63) is 98.8 Å². The summed E-state index contributed by atoms with van der Waals surface area (Å²) in [4.78, 5) is 65.3. The fraction of sp³-hybridized carbons (Fsp3) is 0.179. The van der Waals surface area contributed by atoms with Gasteiger partial charge in [0.05, 0.1) is 22.1 Å². The molecule has 0 saturated carbocycles. The summed E-state index contributed by atoms with van der Waals surface area (Å²) in [6.45, 7) is 1.38. The van der Waals surface area contributed by atoms with Gasteiger partial charge in [-0.25, -0.2) is 4.39 Å². The minimum atomic E-state index is -2.63. The van der Waals surface area contributed by atoms with E-state index in [0.29, 0.717) is 5.56 Å². The number of Topliss-reactive ketones (excluding diaryl/α,β-unsaturated/α-hetero) is 3. The van der Waals surface area contributed by atoms with E-state index in [1.165, 1.54) is 49.4 Å². The zero-order chi connectivity index (χ0) is 28.2. The largest absolute Gasteiger partial charge is 0.481 e. The van der Waals surface area contributed by atoms with E-state index in [-0.39, 0.29) is 38.2 Å². The molecule has 11 heteroatoms. The highest BCUT2D eigenvalue weighted by Gasteiger charge is 2.71. The van der Waals surface area contributed by atoms with E-state index < -0.39 is 52.8 Å². The third kappa shape index (κ3) is 4.23. The minimum Gasteiger partial charge on any atom is -0.481 e. The lowest BCUT2D eigenvalue weighted by atomic mass is 9.75. The number of hydrogen-bond donors (Lipinski definition) is 2. The molecule has 5 rings (SSSR count). The van der Waals surface area contributed by atoms with Crippen LogP contribution in [0.1, 0.15) is 49.7 Å². The molecule has 0 aromatic heterocycles. The lowest BCUT2D eigenvalue weighted by molar-refractivity contribution is -0.147. The van der Waals surface area contributed by atoms with Crippen molar-refractivity contribution in [3.63, 3.8) is 0 Å². The molecule has 2 N–H and O–H groups in total. The van der Waals surface area contributed by atoms with Crippen molar-refractivity contribution < 1.29 is 38.2 Å². The molecule has 2 aliphatic rings. The van der Waals surface area contributed by atoms with Gasteiger partial charge in [0, 0.05) is 22.4 Å². The Labute approximate surface area is 230 Å². The smallest absolute Gasteiger partial charge is 0.311 e. The van der Waals surface area contributed by atoms with Gasteiger partial charge < -0.3 is 15.2 Å². The predicted octanol–water partition coefficient (Wildman–Crippen LogP) is 5.18. The summed E-state index contributed by atoms with van der Waals surface area (Å²) < 4.78 is 20.0. The monoisotopic (exact) mass is 569 g/mol. The van der Waals surface area contributed by atoms with Gasteiger partial charge in [-0.2, -0.15) is 0 Å². The summed E-state index contributed by atoms with van der Waals surface area (Å²) in [6, 6.07) is 12.9. The van der Waals surface area contributed by atoms with Crippen LogP contribution in [0.2, 0.25) is 10.0 Å². The number of fused-ring (bicyclic) bond motifs is 1. The first-order chi connectivity index (χ1) is 18.5. The second kappa shape index (κ2) is 9.68. The highest BCUT2D eigenvalue weighted by Crippen LogP contribution is 2.54. The number of aliphatic carboxylic acids is 1. The van der Waals surface area contributed by atoms with Gasteiger partial charge >= 0.3 is 5.97 Å². The summed E-state index contributed by atoms with van der Waals surface area (Å²) in [5.74, 6) is -9.14. The first-order valence-electron chi connectivity index (χ1n) is 11.6. The van der Waals surface area contributed by atoms with Crippen molar-refractivity contribution >= 4 is 58.1 Å². The van der Waals surface area contributed by atoms with Gasteiger partial charge in [0.25, 0.3) is 0 Å². The first kappa shape index (κ1) is 26.7. The normalized spacial score (nSPS) is 23.6. The summed E-state index contributed by atoms with van der Waals surface area (Å²) in [5.41, 5.74) is -2.35. The van der Waals surface area contributed by atoms with Crippen LogP contribution in [0.15, 0.2) is 60.7 Å². The molecule has 4 atom stereocenters. The number of carbonyl (C=O) groups is 5. The fourth-order valence-electron chi connectivity index (χ4n) is 5.16. The molecule has 1 aliphatic heterocycles. The van der Waals surface area contributed by atoms with Crippen LogP contribution in [0.4, 0.5) is 10.1 Å². The molecule has 1 heterocycles. The number of nitrogens with one attached hydrogen (secondary N) is 1. The van der Waals surface area contributed by atoms with Crippen LogP contribution >= 0.6 is 23.2 Å². The maximum absolute atomic E-state index is 14.0. The lowest BCUT2D eigenvalue weighted by Crippen LogP contribution is -2.52. The Kier molecular flexibility index (Phi) is 6.62. The predicted molar refractivity (Wildman–Crippen MR) is 138 cm³/mol. The van der Waals surface area contributed by atoms with Crippen molar-refractivity contribution in [3.8, 4) is 0 Å². The summed E-state index contributed by atoms with van der Waals surface area (Å²) in [5, 5.41) is 13.2.